The van der Waals surface area contributed by atoms with Crippen LogP contribution in [-0.2, 0) is 14.4 Å². The Morgan fingerprint density at radius 3 is 1.85 bits per heavy atom. The van der Waals surface area contributed by atoms with E-state index >= 15 is 0 Å². The van der Waals surface area contributed by atoms with Gasteiger partial charge >= 0.3 is 0 Å². The second-order valence-corrected chi connectivity index (χ2v) is 11.8. The van der Waals surface area contributed by atoms with Crippen LogP contribution in [-0.4, -0.2) is 27.4 Å². The minimum Gasteiger partial charge on any atom is -0.326 e. The van der Waals surface area contributed by atoms with Crippen molar-refractivity contribution >= 4 is 61.0 Å². The Morgan fingerprint density at radius 2 is 1.33 bits per heavy atom. The predicted octanol–water partition coefficient (Wildman–Crippen LogP) is 6.97. The van der Waals surface area contributed by atoms with E-state index in [-0.39, 0.29) is 39.2 Å². The molecule has 33 heavy (non-hydrogen) atoms. The van der Waals surface area contributed by atoms with Crippen molar-refractivity contribution in [2.75, 3.05) is 10.2 Å². The summed E-state index contributed by atoms with van der Waals surface area (Å²) in [4.78, 5) is 39.8. The number of unbranched alkanes of at least 4 members (excludes halogenated alkanes) is 8. The van der Waals surface area contributed by atoms with Crippen molar-refractivity contribution in [1.82, 2.24) is 0 Å². The molecule has 0 bridgehead atoms. The lowest BCUT2D eigenvalue weighted by Gasteiger charge is -2.29. The summed E-state index contributed by atoms with van der Waals surface area (Å²) >= 11 is 7.24. The first-order valence-corrected chi connectivity index (χ1v) is 14.3. The lowest BCUT2D eigenvalue weighted by atomic mass is 9.81. The SMILES string of the molecule is CCCCCCCCCCCC(=O)Nc1ccc(N2C(=O)[C@H]3C[C@H](Br)[C@@H](Br)C[C@H]3C2=O)cc1. The second-order valence-electron chi connectivity index (χ2n) is 9.40. The Bertz CT molecular complexity index is 786. The maximum Gasteiger partial charge on any atom is 0.237 e. The molecule has 1 saturated carbocycles. The molecule has 182 valence electrons. The number of imide groups is 1. The lowest BCUT2D eigenvalue weighted by molar-refractivity contribution is -0.122. The summed E-state index contributed by atoms with van der Waals surface area (Å²) in [6.45, 7) is 2.23. The third-order valence-electron chi connectivity index (χ3n) is 6.83. The summed E-state index contributed by atoms with van der Waals surface area (Å²) < 4.78 is 0. The lowest BCUT2D eigenvalue weighted by Crippen LogP contribution is -2.34. The highest BCUT2D eigenvalue weighted by Gasteiger charge is 2.52. The van der Waals surface area contributed by atoms with Gasteiger partial charge in [0, 0.05) is 21.8 Å². The summed E-state index contributed by atoms with van der Waals surface area (Å²) in [5.74, 6) is -0.735. The van der Waals surface area contributed by atoms with E-state index in [9.17, 15) is 14.4 Å². The third-order valence-corrected chi connectivity index (χ3v) is 9.56. The molecule has 4 atom stereocenters. The number of halogens is 2. The molecule has 3 rings (SSSR count). The van der Waals surface area contributed by atoms with Gasteiger partial charge in [-0.05, 0) is 43.5 Å². The summed E-state index contributed by atoms with van der Waals surface area (Å²) in [5.41, 5.74) is 1.27. The zero-order chi connectivity index (χ0) is 23.8. The van der Waals surface area contributed by atoms with Crippen LogP contribution in [0.25, 0.3) is 0 Å². The van der Waals surface area contributed by atoms with Gasteiger partial charge in [-0.3, -0.25) is 19.3 Å². The molecule has 1 heterocycles. The molecule has 1 aromatic rings. The normalized spacial score (nSPS) is 24.8. The zero-order valence-corrected chi connectivity index (χ0v) is 22.7. The van der Waals surface area contributed by atoms with Gasteiger partial charge in [0.1, 0.15) is 0 Å². The molecule has 1 aliphatic carbocycles. The highest BCUT2D eigenvalue weighted by molar-refractivity contribution is 9.12. The zero-order valence-electron chi connectivity index (χ0n) is 19.5. The molecule has 2 aliphatic rings. The highest BCUT2D eigenvalue weighted by atomic mass is 79.9. The number of hydrogen-bond acceptors (Lipinski definition) is 3. The molecule has 5 nitrogen and oxygen atoms in total. The highest BCUT2D eigenvalue weighted by Crippen LogP contribution is 2.44. The standard InChI is InChI=1S/C26H36Br2N2O3/c1-2-3-4-5-6-7-8-9-10-11-24(31)29-18-12-14-19(15-13-18)30-25(32)20-16-22(27)23(28)17-21(20)26(30)33/h12-15,20-23H,2-11,16-17H2,1H3,(H,29,31)/t20-,21+,22-,23-/m0/s1. The predicted molar refractivity (Wildman–Crippen MR) is 141 cm³/mol. The first kappa shape index (κ1) is 26.4. The monoisotopic (exact) mass is 582 g/mol. The van der Waals surface area contributed by atoms with Gasteiger partial charge in [-0.25, -0.2) is 0 Å². The van der Waals surface area contributed by atoms with E-state index in [1.807, 2.05) is 0 Å². The van der Waals surface area contributed by atoms with Crippen molar-refractivity contribution in [2.24, 2.45) is 11.8 Å². The molecule has 0 unspecified atom stereocenters. The quantitative estimate of drug-likeness (QED) is 0.164. The summed E-state index contributed by atoms with van der Waals surface area (Å²) in [5, 5.41) is 2.93. The number of rotatable bonds is 12. The summed E-state index contributed by atoms with van der Waals surface area (Å²) in [6, 6.07) is 7.04. The molecular formula is C26H36Br2N2O3. The first-order chi connectivity index (χ1) is 15.9. The van der Waals surface area contributed by atoms with Crippen LogP contribution in [0.2, 0.25) is 0 Å². The number of carbonyl (C=O) groups excluding carboxylic acids is 3. The molecule has 0 spiro atoms. The molecule has 0 aromatic heterocycles. The average molecular weight is 584 g/mol. The Hall–Kier alpha value is -1.21. The minimum atomic E-state index is -0.258. The fourth-order valence-corrected chi connectivity index (χ4v) is 6.10. The van der Waals surface area contributed by atoms with Crippen molar-refractivity contribution in [3.8, 4) is 0 Å². The summed E-state index contributed by atoms with van der Waals surface area (Å²) in [6.07, 6.45) is 12.9. The van der Waals surface area contributed by atoms with Crippen LogP contribution in [0.5, 0.6) is 0 Å². The number of nitrogens with one attached hydrogen (secondary N) is 1. The maximum atomic E-state index is 12.9. The Balaban J connectivity index is 1.42. The molecule has 7 heteroatoms. The van der Waals surface area contributed by atoms with Crippen LogP contribution in [0.1, 0.15) is 84.0 Å². The Morgan fingerprint density at radius 1 is 0.848 bits per heavy atom. The van der Waals surface area contributed by atoms with Crippen molar-refractivity contribution in [3.63, 3.8) is 0 Å². The fourth-order valence-electron chi connectivity index (χ4n) is 4.86. The van der Waals surface area contributed by atoms with Crippen molar-refractivity contribution in [1.29, 1.82) is 0 Å². The van der Waals surface area contributed by atoms with Gasteiger partial charge in [0.15, 0.2) is 0 Å². The second kappa shape index (κ2) is 13.0. The number of alkyl halides is 2. The molecule has 1 aromatic carbocycles. The van der Waals surface area contributed by atoms with E-state index in [0.29, 0.717) is 30.6 Å². The number of anilines is 2. The van der Waals surface area contributed by atoms with Gasteiger partial charge in [0.2, 0.25) is 17.7 Å². The average Bonchev–Trinajstić information content (AvgIpc) is 3.03. The Kier molecular flexibility index (Phi) is 10.4. The van der Waals surface area contributed by atoms with Gasteiger partial charge in [0.05, 0.1) is 17.5 Å². The number of hydrogen-bond donors (Lipinski definition) is 1. The number of carbonyl (C=O) groups is 3. The third kappa shape index (κ3) is 7.14. The Labute approximate surface area is 214 Å². The van der Waals surface area contributed by atoms with Crippen LogP contribution < -0.4 is 10.2 Å². The molecule has 1 saturated heterocycles. The van der Waals surface area contributed by atoms with Crippen LogP contribution in [0.3, 0.4) is 0 Å². The van der Waals surface area contributed by atoms with Gasteiger partial charge in [-0.15, -0.1) is 0 Å². The van der Waals surface area contributed by atoms with E-state index in [1.54, 1.807) is 24.3 Å². The largest absolute Gasteiger partial charge is 0.326 e. The van der Waals surface area contributed by atoms with Gasteiger partial charge in [0.25, 0.3) is 0 Å². The molecule has 0 radical (unpaired) electrons. The number of amides is 3. The van der Waals surface area contributed by atoms with Crippen LogP contribution in [0, 0.1) is 11.8 Å². The molecule has 2 fully saturated rings. The van der Waals surface area contributed by atoms with Gasteiger partial charge in [-0.2, -0.15) is 0 Å². The van der Waals surface area contributed by atoms with E-state index < -0.39 is 0 Å². The number of nitrogens with zero attached hydrogens (tertiary/aromatic N) is 1. The first-order valence-electron chi connectivity index (χ1n) is 12.5. The minimum absolute atomic E-state index is 0.0109. The smallest absolute Gasteiger partial charge is 0.237 e. The maximum absolute atomic E-state index is 12.9. The molecule has 1 N–H and O–H groups in total. The fraction of sp³-hybridized carbons (Fsp3) is 0.654. The van der Waals surface area contributed by atoms with Crippen LogP contribution in [0.15, 0.2) is 24.3 Å². The molecule has 3 amide bonds. The van der Waals surface area contributed by atoms with Crippen molar-refractivity contribution in [3.05, 3.63) is 24.3 Å². The summed E-state index contributed by atoms with van der Waals surface area (Å²) in [7, 11) is 0. The molecule has 1 aliphatic heterocycles. The molecular weight excluding hydrogens is 548 g/mol. The van der Waals surface area contributed by atoms with Gasteiger partial charge in [-0.1, -0.05) is 90.2 Å². The number of fused-ring (bicyclic) bond motifs is 1. The number of benzene rings is 1. The van der Waals surface area contributed by atoms with Crippen molar-refractivity contribution < 1.29 is 14.4 Å². The van der Waals surface area contributed by atoms with Crippen molar-refractivity contribution in [2.45, 2.75) is 93.6 Å². The van der Waals surface area contributed by atoms with E-state index in [1.165, 1.54) is 49.8 Å². The topological polar surface area (TPSA) is 66.5 Å². The van der Waals surface area contributed by atoms with Gasteiger partial charge < -0.3 is 5.32 Å². The van der Waals surface area contributed by atoms with Crippen LogP contribution >= 0.6 is 31.9 Å². The van der Waals surface area contributed by atoms with E-state index in [4.69, 9.17) is 0 Å². The van der Waals surface area contributed by atoms with E-state index in [2.05, 4.69) is 44.1 Å². The van der Waals surface area contributed by atoms with Crippen LogP contribution in [0.4, 0.5) is 11.4 Å². The van der Waals surface area contributed by atoms with E-state index in [0.717, 1.165) is 12.8 Å².